The standard InChI is InChI=1S/C18H14FNO/c1-11-6-8-15(14-5-3-2-4-13(11)14)18(21)12-7-9-16(19)17(20)10-12/h2-10H,20H2,1H3. The molecule has 0 heterocycles. The lowest BCUT2D eigenvalue weighted by atomic mass is 9.95. The van der Waals surface area contributed by atoms with Crippen LogP contribution in [0.3, 0.4) is 0 Å². The summed E-state index contributed by atoms with van der Waals surface area (Å²) >= 11 is 0. The van der Waals surface area contributed by atoms with Gasteiger partial charge in [-0.3, -0.25) is 4.79 Å². The molecule has 0 radical (unpaired) electrons. The molecule has 0 amide bonds. The Morgan fingerprint density at radius 2 is 1.71 bits per heavy atom. The van der Waals surface area contributed by atoms with Crippen LogP contribution in [0.4, 0.5) is 10.1 Å². The fraction of sp³-hybridized carbons (Fsp3) is 0.0556. The normalized spacial score (nSPS) is 10.8. The first-order chi connectivity index (χ1) is 10.1. The molecule has 0 saturated carbocycles. The van der Waals surface area contributed by atoms with Gasteiger partial charge in [0.25, 0.3) is 0 Å². The Kier molecular flexibility index (Phi) is 3.18. The highest BCUT2D eigenvalue weighted by Gasteiger charge is 2.14. The molecule has 3 rings (SSSR count). The summed E-state index contributed by atoms with van der Waals surface area (Å²) in [5.74, 6) is -0.668. The van der Waals surface area contributed by atoms with Gasteiger partial charge in [0.05, 0.1) is 5.69 Å². The molecular formula is C18H14FNO. The van der Waals surface area contributed by atoms with Crippen molar-refractivity contribution in [1.82, 2.24) is 0 Å². The Morgan fingerprint density at radius 3 is 2.43 bits per heavy atom. The highest BCUT2D eigenvalue weighted by Crippen LogP contribution is 2.25. The van der Waals surface area contributed by atoms with Crippen LogP contribution in [0, 0.1) is 12.7 Å². The van der Waals surface area contributed by atoms with Gasteiger partial charge in [0.2, 0.25) is 0 Å². The smallest absolute Gasteiger partial charge is 0.193 e. The molecule has 3 heteroatoms. The first-order valence-corrected chi connectivity index (χ1v) is 6.66. The van der Waals surface area contributed by atoms with Gasteiger partial charge in [0, 0.05) is 11.1 Å². The number of carbonyl (C=O) groups excluding carboxylic acids is 1. The second-order valence-corrected chi connectivity index (χ2v) is 5.04. The van der Waals surface area contributed by atoms with Crippen LogP contribution >= 0.6 is 0 Å². The van der Waals surface area contributed by atoms with Crippen molar-refractivity contribution in [3.05, 3.63) is 77.1 Å². The summed E-state index contributed by atoms with van der Waals surface area (Å²) < 4.78 is 13.2. The summed E-state index contributed by atoms with van der Waals surface area (Å²) in [6, 6.07) is 15.5. The molecule has 3 aromatic rings. The summed E-state index contributed by atoms with van der Waals surface area (Å²) in [6.45, 7) is 2.01. The van der Waals surface area contributed by atoms with Crippen LogP contribution in [-0.4, -0.2) is 5.78 Å². The SMILES string of the molecule is Cc1ccc(C(=O)c2ccc(F)c(N)c2)c2ccccc12. The second-order valence-electron chi connectivity index (χ2n) is 5.04. The molecule has 2 N–H and O–H groups in total. The highest BCUT2D eigenvalue weighted by molar-refractivity contribution is 6.17. The van der Waals surface area contributed by atoms with E-state index in [1.165, 1.54) is 18.2 Å². The summed E-state index contributed by atoms with van der Waals surface area (Å²) in [4.78, 5) is 12.7. The van der Waals surface area contributed by atoms with E-state index in [2.05, 4.69) is 0 Å². The largest absolute Gasteiger partial charge is 0.396 e. The lowest BCUT2D eigenvalue weighted by molar-refractivity contribution is 0.104. The number of hydrogen-bond donors (Lipinski definition) is 1. The van der Waals surface area contributed by atoms with Crippen molar-refractivity contribution < 1.29 is 9.18 Å². The van der Waals surface area contributed by atoms with Gasteiger partial charge in [-0.1, -0.05) is 36.4 Å². The van der Waals surface area contributed by atoms with Crippen LogP contribution in [0.15, 0.2) is 54.6 Å². The Morgan fingerprint density at radius 1 is 1.00 bits per heavy atom. The number of rotatable bonds is 2. The summed E-state index contributed by atoms with van der Waals surface area (Å²) in [5, 5.41) is 1.93. The Hall–Kier alpha value is -2.68. The number of ketones is 1. The monoisotopic (exact) mass is 279 g/mol. The van der Waals surface area contributed by atoms with Crippen LogP contribution in [0.1, 0.15) is 21.5 Å². The van der Waals surface area contributed by atoms with Crippen LogP contribution < -0.4 is 5.73 Å². The minimum absolute atomic E-state index is 0.0164. The van der Waals surface area contributed by atoms with Gasteiger partial charge >= 0.3 is 0 Å². The Bertz CT molecular complexity index is 855. The number of hydrogen-bond acceptors (Lipinski definition) is 2. The van der Waals surface area contributed by atoms with Crippen molar-refractivity contribution in [1.29, 1.82) is 0 Å². The zero-order valence-corrected chi connectivity index (χ0v) is 11.6. The van der Waals surface area contributed by atoms with Crippen LogP contribution in [0.2, 0.25) is 0 Å². The van der Waals surface area contributed by atoms with E-state index in [0.29, 0.717) is 11.1 Å². The van der Waals surface area contributed by atoms with E-state index < -0.39 is 5.82 Å². The third-order valence-corrected chi connectivity index (χ3v) is 3.64. The maximum Gasteiger partial charge on any atom is 0.193 e. The molecule has 2 nitrogen and oxygen atoms in total. The quantitative estimate of drug-likeness (QED) is 0.567. The molecule has 3 aromatic carbocycles. The first-order valence-electron chi connectivity index (χ1n) is 6.66. The minimum Gasteiger partial charge on any atom is -0.396 e. The van der Waals surface area contributed by atoms with E-state index in [1.807, 2.05) is 37.3 Å². The molecule has 0 aliphatic rings. The fourth-order valence-electron chi connectivity index (χ4n) is 2.49. The molecule has 0 aliphatic carbocycles. The minimum atomic E-state index is -0.514. The molecule has 0 atom stereocenters. The average Bonchev–Trinajstić information content (AvgIpc) is 2.50. The number of benzene rings is 3. The van der Waals surface area contributed by atoms with Crippen molar-refractivity contribution in [3.8, 4) is 0 Å². The topological polar surface area (TPSA) is 43.1 Å². The van der Waals surface area contributed by atoms with Gasteiger partial charge in [0.15, 0.2) is 5.78 Å². The van der Waals surface area contributed by atoms with Crippen LogP contribution in [-0.2, 0) is 0 Å². The van der Waals surface area contributed by atoms with E-state index in [9.17, 15) is 9.18 Å². The summed E-state index contributed by atoms with van der Waals surface area (Å²) in [5.41, 5.74) is 7.63. The molecule has 0 saturated heterocycles. The van der Waals surface area contributed by atoms with Crippen molar-refractivity contribution in [2.45, 2.75) is 6.92 Å². The molecule has 104 valence electrons. The lowest BCUT2D eigenvalue weighted by Crippen LogP contribution is -2.04. The lowest BCUT2D eigenvalue weighted by Gasteiger charge is -2.09. The number of aryl methyl sites for hydroxylation is 1. The van der Waals surface area contributed by atoms with Gasteiger partial charge in [-0.2, -0.15) is 0 Å². The van der Waals surface area contributed by atoms with Crippen LogP contribution in [0.5, 0.6) is 0 Å². The zero-order valence-electron chi connectivity index (χ0n) is 11.6. The molecule has 0 aliphatic heterocycles. The fourth-order valence-corrected chi connectivity index (χ4v) is 2.49. The molecule has 0 unspecified atom stereocenters. The number of carbonyl (C=O) groups is 1. The molecule has 0 bridgehead atoms. The number of fused-ring (bicyclic) bond motifs is 1. The average molecular weight is 279 g/mol. The number of anilines is 1. The van der Waals surface area contributed by atoms with Crippen molar-refractivity contribution in [2.75, 3.05) is 5.73 Å². The number of nitrogen functional groups attached to an aromatic ring is 1. The third kappa shape index (κ3) is 2.27. The van der Waals surface area contributed by atoms with E-state index in [1.54, 1.807) is 6.07 Å². The Labute approximate surface area is 122 Å². The predicted octanol–water partition coefficient (Wildman–Crippen LogP) is 4.10. The van der Waals surface area contributed by atoms with Crippen molar-refractivity contribution in [3.63, 3.8) is 0 Å². The molecule has 0 fully saturated rings. The van der Waals surface area contributed by atoms with E-state index in [4.69, 9.17) is 5.73 Å². The summed E-state index contributed by atoms with van der Waals surface area (Å²) in [6.07, 6.45) is 0. The number of nitrogens with two attached hydrogens (primary N) is 1. The first kappa shape index (κ1) is 13.3. The van der Waals surface area contributed by atoms with Gasteiger partial charge in [0.1, 0.15) is 5.82 Å². The van der Waals surface area contributed by atoms with Gasteiger partial charge in [-0.05, 0) is 41.5 Å². The van der Waals surface area contributed by atoms with Gasteiger partial charge in [-0.15, -0.1) is 0 Å². The van der Waals surface area contributed by atoms with Crippen molar-refractivity contribution in [2.24, 2.45) is 0 Å². The van der Waals surface area contributed by atoms with Crippen LogP contribution in [0.25, 0.3) is 10.8 Å². The predicted molar refractivity (Wildman–Crippen MR) is 82.9 cm³/mol. The maximum absolute atomic E-state index is 13.2. The van der Waals surface area contributed by atoms with Gasteiger partial charge in [-0.25, -0.2) is 4.39 Å². The second kappa shape index (κ2) is 5.02. The van der Waals surface area contributed by atoms with E-state index >= 15 is 0 Å². The zero-order chi connectivity index (χ0) is 15.0. The molecule has 0 aromatic heterocycles. The van der Waals surface area contributed by atoms with E-state index in [0.717, 1.165) is 16.3 Å². The summed E-state index contributed by atoms with van der Waals surface area (Å²) in [7, 11) is 0. The molecule has 21 heavy (non-hydrogen) atoms. The molecule has 0 spiro atoms. The highest BCUT2D eigenvalue weighted by atomic mass is 19.1. The maximum atomic E-state index is 13.2. The van der Waals surface area contributed by atoms with Crippen molar-refractivity contribution >= 4 is 22.2 Å². The Balaban J connectivity index is 2.18. The van der Waals surface area contributed by atoms with E-state index in [-0.39, 0.29) is 11.5 Å². The third-order valence-electron chi connectivity index (χ3n) is 3.64. The molecular weight excluding hydrogens is 265 g/mol. The number of halogens is 1. The van der Waals surface area contributed by atoms with Gasteiger partial charge < -0.3 is 5.73 Å².